The Hall–Kier alpha value is -2.27. The molecule has 12 heteroatoms. The first-order valence-corrected chi connectivity index (χ1v) is 8.54. The Kier molecular flexibility index (Phi) is 6.26. The van der Waals surface area contributed by atoms with Crippen LogP contribution in [0.15, 0.2) is 11.3 Å². The van der Waals surface area contributed by atoms with Crippen molar-refractivity contribution < 1.29 is 19.4 Å². The first-order chi connectivity index (χ1) is 11.8. The van der Waals surface area contributed by atoms with Crippen LogP contribution in [0.1, 0.15) is 18.7 Å². The minimum absolute atomic E-state index is 0.0646. The lowest BCUT2D eigenvalue weighted by molar-refractivity contribution is -0.486. The van der Waals surface area contributed by atoms with Crippen LogP contribution in [0.25, 0.3) is 0 Å². The second-order valence-electron chi connectivity index (χ2n) is 5.59. The van der Waals surface area contributed by atoms with Crippen LogP contribution >= 0.6 is 22.9 Å². The highest BCUT2D eigenvalue weighted by Gasteiger charge is 2.38. The van der Waals surface area contributed by atoms with Gasteiger partial charge in [-0.2, -0.15) is 0 Å². The van der Waals surface area contributed by atoms with Crippen LogP contribution in [-0.4, -0.2) is 57.3 Å². The van der Waals surface area contributed by atoms with Crippen molar-refractivity contribution in [2.75, 3.05) is 19.7 Å². The molecule has 1 aromatic rings. The van der Waals surface area contributed by atoms with Gasteiger partial charge in [0.05, 0.1) is 13.2 Å². The fraction of sp³-hybridized carbons (Fsp3) is 0.538. The van der Waals surface area contributed by atoms with Crippen LogP contribution in [0.2, 0.25) is 4.47 Å². The molecule has 1 amide bonds. The molecule has 0 bridgehead atoms. The highest BCUT2D eigenvalue weighted by molar-refractivity contribution is 7.15. The molecular weight excluding hydrogens is 374 g/mol. The minimum atomic E-state index is -1.06. The zero-order valence-corrected chi connectivity index (χ0v) is 15.1. The van der Waals surface area contributed by atoms with Crippen molar-refractivity contribution in [2.24, 2.45) is 11.0 Å². The smallest absolute Gasteiger partial charge is 0.397 e. The minimum Gasteiger partial charge on any atom is -0.458 e. The molecule has 0 spiro atoms. The lowest BCUT2D eigenvalue weighted by Crippen LogP contribution is -2.42. The van der Waals surface area contributed by atoms with Gasteiger partial charge in [0.15, 0.2) is 9.50 Å². The third kappa shape index (κ3) is 5.10. The van der Waals surface area contributed by atoms with E-state index in [1.165, 1.54) is 22.4 Å². The topological polar surface area (TPSA) is 118 Å². The fourth-order valence-corrected chi connectivity index (χ4v) is 3.08. The largest absolute Gasteiger partial charge is 0.458 e. The standard InChI is InChI=1S/C13H16ClN5O5S/c1-8(2)7-24-11(21)10(20)18-4-3-17(13(18)16-19(22)23)6-9-5-15-12(14)25-9/h5,8H,3-4,6-7H2,1-2H3/b16-13-. The molecule has 0 atom stereocenters. The van der Waals surface area contributed by atoms with Gasteiger partial charge in [-0.25, -0.2) is 19.9 Å². The number of thiazole rings is 1. The van der Waals surface area contributed by atoms with E-state index in [1.807, 2.05) is 13.8 Å². The number of aromatic nitrogens is 1. The lowest BCUT2D eigenvalue weighted by Gasteiger charge is -2.18. The summed E-state index contributed by atoms with van der Waals surface area (Å²) >= 11 is 6.99. The molecule has 0 N–H and O–H groups in total. The Balaban J connectivity index is 2.13. The number of hydrogen-bond donors (Lipinski definition) is 0. The molecule has 0 unspecified atom stereocenters. The third-order valence-corrected chi connectivity index (χ3v) is 4.23. The van der Waals surface area contributed by atoms with E-state index in [4.69, 9.17) is 16.3 Å². The van der Waals surface area contributed by atoms with Crippen molar-refractivity contribution in [3.8, 4) is 0 Å². The fourth-order valence-electron chi connectivity index (χ4n) is 2.08. The summed E-state index contributed by atoms with van der Waals surface area (Å²) in [6.45, 7) is 4.36. The van der Waals surface area contributed by atoms with Crippen molar-refractivity contribution in [1.82, 2.24) is 14.8 Å². The van der Waals surface area contributed by atoms with E-state index < -0.39 is 16.9 Å². The number of nitro groups is 1. The summed E-state index contributed by atoms with van der Waals surface area (Å²) < 4.78 is 5.23. The number of ether oxygens (including phenoxy) is 1. The Labute approximate surface area is 152 Å². The van der Waals surface area contributed by atoms with Gasteiger partial charge in [-0.05, 0) is 5.92 Å². The highest BCUT2D eigenvalue weighted by atomic mass is 35.5. The number of nitrogens with zero attached hydrogens (tertiary/aromatic N) is 5. The average Bonchev–Trinajstić information content (AvgIpc) is 3.11. The SMILES string of the molecule is CC(C)COC(=O)C(=O)N1CCN(Cc2cnc(Cl)s2)/C1=N/[N+](=O)[O-]. The van der Waals surface area contributed by atoms with Crippen LogP contribution < -0.4 is 0 Å². The van der Waals surface area contributed by atoms with E-state index in [-0.39, 0.29) is 38.1 Å². The van der Waals surface area contributed by atoms with Gasteiger partial charge in [-0.15, -0.1) is 11.3 Å². The number of rotatable bonds is 5. The maximum absolute atomic E-state index is 12.2. The van der Waals surface area contributed by atoms with Crippen molar-refractivity contribution in [1.29, 1.82) is 0 Å². The molecule has 0 radical (unpaired) electrons. The first-order valence-electron chi connectivity index (χ1n) is 7.34. The van der Waals surface area contributed by atoms with Gasteiger partial charge in [-0.1, -0.05) is 25.4 Å². The van der Waals surface area contributed by atoms with Crippen molar-refractivity contribution in [2.45, 2.75) is 20.4 Å². The number of amides is 1. The monoisotopic (exact) mass is 389 g/mol. The van der Waals surface area contributed by atoms with Gasteiger partial charge in [0.2, 0.25) is 0 Å². The Morgan fingerprint density at radius 3 is 2.80 bits per heavy atom. The number of guanidine groups is 1. The van der Waals surface area contributed by atoms with E-state index in [9.17, 15) is 19.7 Å². The summed E-state index contributed by atoms with van der Waals surface area (Å²) in [5.41, 5.74) is 0. The maximum Gasteiger partial charge on any atom is 0.397 e. The van der Waals surface area contributed by atoms with E-state index in [0.29, 0.717) is 4.47 Å². The summed E-state index contributed by atoms with van der Waals surface area (Å²) in [5.74, 6) is -2.19. The molecule has 1 aromatic heterocycles. The molecule has 0 aromatic carbocycles. The Bertz CT molecular complexity index is 707. The Morgan fingerprint density at radius 2 is 2.24 bits per heavy atom. The quantitative estimate of drug-likeness (QED) is 0.321. The van der Waals surface area contributed by atoms with Crippen molar-refractivity contribution in [3.63, 3.8) is 0 Å². The summed E-state index contributed by atoms with van der Waals surface area (Å²) in [5, 5.41) is 13.2. The molecule has 2 heterocycles. The molecule has 1 fully saturated rings. The van der Waals surface area contributed by atoms with Gasteiger partial charge in [0, 0.05) is 24.2 Å². The van der Waals surface area contributed by atoms with Crippen LogP contribution in [0.4, 0.5) is 0 Å². The molecule has 1 aliphatic heterocycles. The molecular formula is C13H16ClN5O5S. The summed E-state index contributed by atoms with van der Waals surface area (Å²) in [6, 6.07) is 0. The normalized spacial score (nSPS) is 15.9. The molecule has 0 saturated carbocycles. The van der Waals surface area contributed by atoms with E-state index >= 15 is 0 Å². The number of hydrogen-bond acceptors (Lipinski definition) is 7. The predicted octanol–water partition coefficient (Wildman–Crippen LogP) is 1.19. The molecule has 1 saturated heterocycles. The molecule has 2 rings (SSSR count). The van der Waals surface area contributed by atoms with Gasteiger partial charge >= 0.3 is 11.9 Å². The summed E-state index contributed by atoms with van der Waals surface area (Å²) in [4.78, 5) is 42.0. The lowest BCUT2D eigenvalue weighted by atomic mass is 10.2. The van der Waals surface area contributed by atoms with Gasteiger partial charge in [-0.3, -0.25) is 9.69 Å². The first kappa shape index (κ1) is 19.1. The molecule has 1 aliphatic rings. The third-order valence-electron chi connectivity index (χ3n) is 3.13. The highest BCUT2D eigenvalue weighted by Crippen LogP contribution is 2.21. The Morgan fingerprint density at radius 1 is 1.52 bits per heavy atom. The zero-order valence-electron chi connectivity index (χ0n) is 13.5. The van der Waals surface area contributed by atoms with E-state index in [2.05, 4.69) is 10.1 Å². The molecule has 10 nitrogen and oxygen atoms in total. The second-order valence-corrected chi connectivity index (χ2v) is 7.29. The number of esters is 1. The average molecular weight is 390 g/mol. The second kappa shape index (κ2) is 8.21. The van der Waals surface area contributed by atoms with E-state index in [0.717, 1.165) is 9.78 Å². The van der Waals surface area contributed by atoms with Crippen molar-refractivity contribution >= 4 is 40.8 Å². The number of hydrazone groups is 1. The summed E-state index contributed by atoms with van der Waals surface area (Å²) in [6.07, 6.45) is 1.54. The van der Waals surface area contributed by atoms with E-state index in [1.54, 1.807) is 0 Å². The molecule has 25 heavy (non-hydrogen) atoms. The zero-order chi connectivity index (χ0) is 18.6. The maximum atomic E-state index is 12.2. The number of carbonyl (C=O) groups is 2. The van der Waals surface area contributed by atoms with Crippen molar-refractivity contribution in [3.05, 3.63) is 25.7 Å². The van der Waals surface area contributed by atoms with Crippen LogP contribution in [0.5, 0.6) is 0 Å². The molecule has 0 aliphatic carbocycles. The van der Waals surface area contributed by atoms with Crippen LogP contribution in [0.3, 0.4) is 0 Å². The molecule has 136 valence electrons. The summed E-state index contributed by atoms with van der Waals surface area (Å²) in [7, 11) is 0. The van der Waals surface area contributed by atoms with Gasteiger partial charge < -0.3 is 9.64 Å². The van der Waals surface area contributed by atoms with Crippen LogP contribution in [-0.2, 0) is 20.9 Å². The van der Waals surface area contributed by atoms with Crippen LogP contribution in [0, 0.1) is 16.0 Å². The van der Waals surface area contributed by atoms with Gasteiger partial charge in [0.1, 0.15) is 5.10 Å². The van der Waals surface area contributed by atoms with Gasteiger partial charge in [0.25, 0.3) is 5.96 Å². The number of carbonyl (C=O) groups excluding carboxylic acids is 2. The predicted molar refractivity (Wildman–Crippen MR) is 89.5 cm³/mol. The number of halogens is 1.